The van der Waals surface area contributed by atoms with E-state index in [9.17, 15) is 4.79 Å². The van der Waals surface area contributed by atoms with Crippen molar-refractivity contribution < 1.29 is 9.47 Å². The third-order valence-electron chi connectivity index (χ3n) is 3.07. The van der Waals surface area contributed by atoms with Crippen LogP contribution in [-0.2, 0) is 6.42 Å². The second-order valence-corrected chi connectivity index (χ2v) is 5.25. The predicted molar refractivity (Wildman–Crippen MR) is 81.9 cm³/mol. The highest BCUT2D eigenvalue weighted by Crippen LogP contribution is 2.30. The molecule has 2 aromatic rings. The third kappa shape index (κ3) is 3.62. The molecule has 0 unspecified atom stereocenters. The van der Waals surface area contributed by atoms with E-state index in [-0.39, 0.29) is 5.56 Å². The van der Waals surface area contributed by atoms with Crippen LogP contribution in [0.5, 0.6) is 11.5 Å². The zero-order valence-corrected chi connectivity index (χ0v) is 12.8. The fourth-order valence-electron chi connectivity index (χ4n) is 2.16. The van der Waals surface area contributed by atoms with E-state index in [0.717, 1.165) is 12.1 Å². The third-order valence-corrected chi connectivity index (χ3v) is 3.07. The van der Waals surface area contributed by atoms with Crippen molar-refractivity contribution in [3.8, 4) is 22.9 Å². The molecule has 0 aliphatic carbocycles. The Balaban J connectivity index is 2.55. The van der Waals surface area contributed by atoms with E-state index in [0.29, 0.717) is 28.8 Å². The Morgan fingerprint density at radius 2 is 1.95 bits per heavy atom. The van der Waals surface area contributed by atoms with Crippen LogP contribution in [0, 0.1) is 5.92 Å². The summed E-state index contributed by atoms with van der Waals surface area (Å²) in [6, 6.07) is 6.94. The summed E-state index contributed by atoms with van der Waals surface area (Å²) in [6.45, 7) is 4.18. The van der Waals surface area contributed by atoms with Crippen LogP contribution in [0.2, 0.25) is 0 Å². The van der Waals surface area contributed by atoms with Crippen molar-refractivity contribution >= 4 is 0 Å². The van der Waals surface area contributed by atoms with Crippen LogP contribution < -0.4 is 15.0 Å². The minimum Gasteiger partial charge on any atom is -0.497 e. The SMILES string of the molecule is COc1ccc(OC)c(-c2nc(CC(C)C)cc(=O)[nH]2)c1. The summed E-state index contributed by atoms with van der Waals surface area (Å²) >= 11 is 0. The summed E-state index contributed by atoms with van der Waals surface area (Å²) < 4.78 is 10.6. The van der Waals surface area contributed by atoms with E-state index in [4.69, 9.17) is 9.47 Å². The van der Waals surface area contributed by atoms with Crippen LogP contribution in [0.15, 0.2) is 29.1 Å². The minimum atomic E-state index is -0.166. The Labute approximate surface area is 124 Å². The van der Waals surface area contributed by atoms with Gasteiger partial charge in [0.25, 0.3) is 5.56 Å². The van der Waals surface area contributed by atoms with Crippen LogP contribution in [0.4, 0.5) is 0 Å². The molecule has 0 aliphatic heterocycles. The van der Waals surface area contributed by atoms with Crippen molar-refractivity contribution in [2.45, 2.75) is 20.3 Å². The first-order valence-corrected chi connectivity index (χ1v) is 6.86. The Morgan fingerprint density at radius 1 is 1.19 bits per heavy atom. The van der Waals surface area contributed by atoms with E-state index in [1.807, 2.05) is 0 Å². The van der Waals surface area contributed by atoms with Gasteiger partial charge in [-0.1, -0.05) is 13.8 Å². The van der Waals surface area contributed by atoms with Gasteiger partial charge in [0.05, 0.1) is 19.8 Å². The zero-order chi connectivity index (χ0) is 15.4. The maximum Gasteiger partial charge on any atom is 0.251 e. The van der Waals surface area contributed by atoms with E-state index >= 15 is 0 Å². The molecule has 0 spiro atoms. The molecule has 1 N–H and O–H groups in total. The molecule has 5 heteroatoms. The molecule has 21 heavy (non-hydrogen) atoms. The standard InChI is InChI=1S/C16H20N2O3/c1-10(2)7-11-8-15(19)18-16(17-11)13-9-12(20-3)5-6-14(13)21-4/h5-6,8-10H,7H2,1-4H3,(H,17,18,19). The summed E-state index contributed by atoms with van der Waals surface area (Å²) in [6.07, 6.45) is 0.753. The van der Waals surface area contributed by atoms with Gasteiger partial charge in [-0.3, -0.25) is 4.79 Å². The first-order valence-electron chi connectivity index (χ1n) is 6.86. The van der Waals surface area contributed by atoms with Crippen LogP contribution in [0.25, 0.3) is 11.4 Å². The highest BCUT2D eigenvalue weighted by molar-refractivity contribution is 5.66. The van der Waals surface area contributed by atoms with Gasteiger partial charge in [-0.2, -0.15) is 0 Å². The maximum atomic E-state index is 11.9. The van der Waals surface area contributed by atoms with Gasteiger partial charge >= 0.3 is 0 Å². The van der Waals surface area contributed by atoms with Gasteiger partial charge in [-0.05, 0) is 30.5 Å². The molecule has 2 rings (SSSR count). The monoisotopic (exact) mass is 288 g/mol. The van der Waals surface area contributed by atoms with Crippen LogP contribution in [-0.4, -0.2) is 24.2 Å². The molecular weight excluding hydrogens is 268 g/mol. The van der Waals surface area contributed by atoms with E-state index in [2.05, 4.69) is 23.8 Å². The summed E-state index contributed by atoms with van der Waals surface area (Å²) in [5.41, 5.74) is 1.31. The van der Waals surface area contributed by atoms with Crippen LogP contribution >= 0.6 is 0 Å². The number of nitrogens with one attached hydrogen (secondary N) is 1. The molecule has 0 atom stereocenters. The average molecular weight is 288 g/mol. The largest absolute Gasteiger partial charge is 0.497 e. The van der Waals surface area contributed by atoms with Gasteiger partial charge in [0.1, 0.15) is 17.3 Å². The van der Waals surface area contributed by atoms with Gasteiger partial charge in [0, 0.05) is 11.8 Å². The first-order chi connectivity index (χ1) is 10.0. The van der Waals surface area contributed by atoms with Gasteiger partial charge in [-0.25, -0.2) is 4.98 Å². The summed E-state index contributed by atoms with van der Waals surface area (Å²) in [5.74, 6) is 2.25. The topological polar surface area (TPSA) is 64.2 Å². The lowest BCUT2D eigenvalue weighted by atomic mass is 10.1. The fourth-order valence-corrected chi connectivity index (χ4v) is 2.16. The molecule has 0 saturated carbocycles. The van der Waals surface area contributed by atoms with Crippen LogP contribution in [0.3, 0.4) is 0 Å². The molecule has 1 aromatic carbocycles. The minimum absolute atomic E-state index is 0.166. The number of ether oxygens (including phenoxy) is 2. The van der Waals surface area contributed by atoms with Crippen molar-refractivity contribution in [2.24, 2.45) is 5.92 Å². The van der Waals surface area contributed by atoms with Gasteiger partial charge in [0.15, 0.2) is 0 Å². The first kappa shape index (κ1) is 15.1. The molecule has 0 bridgehead atoms. The molecule has 0 aliphatic rings. The number of methoxy groups -OCH3 is 2. The summed E-state index contributed by atoms with van der Waals surface area (Å²) in [7, 11) is 3.18. The summed E-state index contributed by atoms with van der Waals surface area (Å²) in [4.78, 5) is 19.2. The van der Waals surface area contributed by atoms with E-state index in [1.165, 1.54) is 6.07 Å². The number of hydrogen-bond donors (Lipinski definition) is 1. The second kappa shape index (κ2) is 6.43. The highest BCUT2D eigenvalue weighted by atomic mass is 16.5. The Kier molecular flexibility index (Phi) is 4.62. The van der Waals surface area contributed by atoms with Crippen molar-refractivity contribution in [1.82, 2.24) is 9.97 Å². The lowest BCUT2D eigenvalue weighted by molar-refractivity contribution is 0.404. The van der Waals surface area contributed by atoms with Crippen LogP contribution in [0.1, 0.15) is 19.5 Å². The molecule has 0 radical (unpaired) electrons. The second-order valence-electron chi connectivity index (χ2n) is 5.25. The van der Waals surface area contributed by atoms with Gasteiger partial charge < -0.3 is 14.5 Å². The van der Waals surface area contributed by atoms with Crippen molar-refractivity contribution in [3.63, 3.8) is 0 Å². The summed E-state index contributed by atoms with van der Waals surface area (Å²) in [5, 5.41) is 0. The number of H-pyrrole nitrogens is 1. The number of benzene rings is 1. The van der Waals surface area contributed by atoms with Gasteiger partial charge in [0.2, 0.25) is 0 Å². The molecular formula is C16H20N2O3. The van der Waals surface area contributed by atoms with E-state index in [1.54, 1.807) is 32.4 Å². The Bertz CT molecular complexity index is 677. The number of nitrogens with zero attached hydrogens (tertiary/aromatic N) is 1. The maximum absolute atomic E-state index is 11.9. The molecule has 112 valence electrons. The number of rotatable bonds is 5. The Hall–Kier alpha value is -2.30. The molecule has 5 nitrogen and oxygen atoms in total. The van der Waals surface area contributed by atoms with Crippen molar-refractivity contribution in [1.29, 1.82) is 0 Å². The zero-order valence-electron chi connectivity index (χ0n) is 12.8. The quantitative estimate of drug-likeness (QED) is 0.918. The molecule has 1 heterocycles. The molecule has 0 amide bonds. The molecule has 0 fully saturated rings. The van der Waals surface area contributed by atoms with Crippen molar-refractivity contribution in [3.05, 3.63) is 40.3 Å². The fraction of sp³-hybridized carbons (Fsp3) is 0.375. The smallest absolute Gasteiger partial charge is 0.251 e. The number of aromatic amines is 1. The number of aromatic nitrogens is 2. The van der Waals surface area contributed by atoms with Crippen molar-refractivity contribution in [2.75, 3.05) is 14.2 Å². The Morgan fingerprint density at radius 3 is 2.57 bits per heavy atom. The molecule has 1 aromatic heterocycles. The number of hydrogen-bond acceptors (Lipinski definition) is 4. The lowest BCUT2D eigenvalue weighted by Gasteiger charge is -2.11. The lowest BCUT2D eigenvalue weighted by Crippen LogP contribution is -2.12. The average Bonchev–Trinajstić information content (AvgIpc) is 2.45. The van der Waals surface area contributed by atoms with E-state index < -0.39 is 0 Å². The predicted octanol–water partition coefficient (Wildman–Crippen LogP) is 2.65. The normalized spacial score (nSPS) is 10.7. The molecule has 0 saturated heterocycles. The highest BCUT2D eigenvalue weighted by Gasteiger charge is 2.12. The van der Waals surface area contributed by atoms with Gasteiger partial charge in [-0.15, -0.1) is 0 Å².